The summed E-state index contributed by atoms with van der Waals surface area (Å²) in [6.07, 6.45) is 11.7. The zero-order valence-electron chi connectivity index (χ0n) is 17.1. The minimum Gasteiger partial charge on any atom is -0.497 e. The van der Waals surface area contributed by atoms with Gasteiger partial charge in [0, 0.05) is 21.5 Å². The average Bonchev–Trinajstić information content (AvgIpc) is 2.84. The maximum atomic E-state index is 11.9. The van der Waals surface area contributed by atoms with Crippen LogP contribution in [0.25, 0.3) is 0 Å². The van der Waals surface area contributed by atoms with Gasteiger partial charge in [0.2, 0.25) is 0 Å². The monoisotopic (exact) mass is 445 g/mol. The molecule has 158 valence electrons. The molecule has 1 aromatic carbocycles. The van der Waals surface area contributed by atoms with Gasteiger partial charge in [0.05, 0.1) is 12.7 Å². The van der Waals surface area contributed by atoms with Gasteiger partial charge in [-0.25, -0.2) is 4.79 Å². The summed E-state index contributed by atoms with van der Waals surface area (Å²) >= 11 is 12.5. The number of carboxylic acid groups (broad SMARTS) is 1. The van der Waals surface area contributed by atoms with E-state index in [4.69, 9.17) is 32.9 Å². The number of carboxylic acids is 1. The molecule has 1 heterocycles. The minimum absolute atomic E-state index is 0.0259. The maximum absolute atomic E-state index is 11.9. The van der Waals surface area contributed by atoms with Crippen molar-refractivity contribution in [2.75, 3.05) is 7.11 Å². The highest BCUT2D eigenvalue weighted by Gasteiger charge is 2.25. The van der Waals surface area contributed by atoms with Crippen molar-refractivity contribution in [1.82, 2.24) is 0 Å². The lowest BCUT2D eigenvalue weighted by Gasteiger charge is -2.18. The number of benzene rings is 1. The quantitative estimate of drug-likeness (QED) is 0.558. The van der Waals surface area contributed by atoms with E-state index in [0.717, 1.165) is 35.4 Å². The summed E-state index contributed by atoms with van der Waals surface area (Å²) in [7, 11) is 1.65. The Morgan fingerprint density at radius 1 is 1.27 bits per heavy atom. The zero-order valence-corrected chi connectivity index (χ0v) is 18.6. The molecule has 0 fully saturated rings. The van der Waals surface area contributed by atoms with E-state index in [1.807, 2.05) is 18.2 Å². The Hall–Kier alpha value is -2.30. The highest BCUT2D eigenvalue weighted by molar-refractivity contribution is 6.33. The first-order valence-corrected chi connectivity index (χ1v) is 10.7. The van der Waals surface area contributed by atoms with E-state index in [1.165, 1.54) is 0 Å². The number of rotatable bonds is 5. The van der Waals surface area contributed by atoms with Crippen molar-refractivity contribution in [2.24, 2.45) is 10.9 Å². The van der Waals surface area contributed by atoms with Gasteiger partial charge >= 0.3 is 5.97 Å². The molecule has 0 radical (unpaired) electrons. The van der Waals surface area contributed by atoms with Crippen LogP contribution in [0.2, 0.25) is 10.0 Å². The van der Waals surface area contributed by atoms with Crippen LogP contribution in [0.5, 0.6) is 0 Å². The molecule has 1 atom stereocenters. The molecule has 3 rings (SSSR count). The standard InChI is InChI=1S/C24H25Cl2NO3/c1-15-21(24(28)29)11-16(10-18-13-19(25)8-9-22(18)26)12-23(27-15)17-6-4-3-5-7-20(14-17)30-2/h4,6-9,13-14,16H,3,5,10-12H2,1-2H3,(H,28,29)/t16-/m1/s1. The van der Waals surface area contributed by atoms with Crippen molar-refractivity contribution in [3.63, 3.8) is 0 Å². The largest absolute Gasteiger partial charge is 0.497 e. The maximum Gasteiger partial charge on any atom is 0.333 e. The second kappa shape index (κ2) is 10.1. The summed E-state index contributed by atoms with van der Waals surface area (Å²) in [5.74, 6) is -0.117. The van der Waals surface area contributed by atoms with Gasteiger partial charge in [-0.1, -0.05) is 35.4 Å². The van der Waals surface area contributed by atoms with Crippen molar-refractivity contribution in [1.29, 1.82) is 0 Å². The summed E-state index contributed by atoms with van der Waals surface area (Å²) in [6, 6.07) is 5.38. The molecule has 0 amide bonds. The third kappa shape index (κ3) is 5.65. The van der Waals surface area contributed by atoms with Crippen molar-refractivity contribution in [2.45, 2.75) is 39.0 Å². The summed E-state index contributed by atoms with van der Waals surface area (Å²) in [5.41, 5.74) is 3.59. The topological polar surface area (TPSA) is 58.9 Å². The first-order valence-electron chi connectivity index (χ1n) is 9.94. The van der Waals surface area contributed by atoms with Crippen LogP contribution in [-0.2, 0) is 16.0 Å². The molecule has 0 aromatic heterocycles. The molecule has 4 nitrogen and oxygen atoms in total. The van der Waals surface area contributed by atoms with E-state index in [2.05, 4.69) is 12.2 Å². The first-order chi connectivity index (χ1) is 14.4. The van der Waals surface area contributed by atoms with Crippen LogP contribution in [-0.4, -0.2) is 23.9 Å². The molecule has 0 unspecified atom stereocenters. The fourth-order valence-electron chi connectivity index (χ4n) is 3.79. The highest BCUT2D eigenvalue weighted by atomic mass is 35.5. The van der Waals surface area contributed by atoms with Gasteiger partial charge in [0.1, 0.15) is 5.76 Å². The lowest BCUT2D eigenvalue weighted by Crippen LogP contribution is -2.14. The van der Waals surface area contributed by atoms with Crippen LogP contribution in [0.15, 0.2) is 70.1 Å². The van der Waals surface area contributed by atoms with Crippen molar-refractivity contribution in [3.05, 3.63) is 80.7 Å². The number of hydrogen-bond donors (Lipinski definition) is 1. The number of allylic oxidation sites excluding steroid dienone is 6. The number of aliphatic imine (C=N–C) groups is 1. The number of aliphatic carboxylic acids is 1. The van der Waals surface area contributed by atoms with Gasteiger partial charge in [-0.05, 0) is 86.4 Å². The average molecular weight is 446 g/mol. The Labute approximate surface area is 187 Å². The molecular weight excluding hydrogens is 421 g/mol. The predicted molar refractivity (Wildman–Crippen MR) is 122 cm³/mol. The molecule has 0 bridgehead atoms. The van der Waals surface area contributed by atoms with Crippen LogP contribution in [0, 0.1) is 5.92 Å². The predicted octanol–water partition coefficient (Wildman–Crippen LogP) is 6.55. The van der Waals surface area contributed by atoms with Crippen molar-refractivity contribution >= 4 is 34.9 Å². The first kappa shape index (κ1) is 22.4. The van der Waals surface area contributed by atoms with Crippen molar-refractivity contribution < 1.29 is 14.6 Å². The smallest absolute Gasteiger partial charge is 0.333 e. The van der Waals surface area contributed by atoms with Gasteiger partial charge in [-0.3, -0.25) is 4.99 Å². The molecule has 0 saturated carbocycles. The number of ether oxygens (including phenoxy) is 1. The molecular formula is C24H25Cl2NO3. The molecule has 2 aliphatic rings. The summed E-state index contributed by atoms with van der Waals surface area (Å²) in [4.78, 5) is 16.6. The van der Waals surface area contributed by atoms with Gasteiger partial charge < -0.3 is 9.84 Å². The third-order valence-electron chi connectivity index (χ3n) is 5.33. The van der Waals surface area contributed by atoms with E-state index in [9.17, 15) is 9.90 Å². The number of carbonyl (C=O) groups is 1. The zero-order chi connectivity index (χ0) is 21.7. The van der Waals surface area contributed by atoms with E-state index >= 15 is 0 Å². The van der Waals surface area contributed by atoms with Crippen LogP contribution in [0.4, 0.5) is 0 Å². The van der Waals surface area contributed by atoms with Gasteiger partial charge in [0.15, 0.2) is 0 Å². The normalized spacial score (nSPS) is 19.9. The summed E-state index contributed by atoms with van der Waals surface area (Å²) in [6.45, 7) is 1.76. The molecule has 0 saturated heterocycles. The molecule has 1 N–H and O–H groups in total. The van der Waals surface area contributed by atoms with Gasteiger partial charge in [-0.2, -0.15) is 0 Å². The number of nitrogens with zero attached hydrogens (tertiary/aromatic N) is 1. The second-order valence-electron chi connectivity index (χ2n) is 7.53. The number of hydrogen-bond acceptors (Lipinski definition) is 3. The molecule has 30 heavy (non-hydrogen) atoms. The van der Waals surface area contributed by atoms with Crippen LogP contribution < -0.4 is 0 Å². The highest BCUT2D eigenvalue weighted by Crippen LogP contribution is 2.32. The Morgan fingerprint density at radius 3 is 2.80 bits per heavy atom. The van der Waals surface area contributed by atoms with E-state index < -0.39 is 5.97 Å². The number of methoxy groups -OCH3 is 1. The van der Waals surface area contributed by atoms with Crippen molar-refractivity contribution in [3.8, 4) is 0 Å². The molecule has 0 spiro atoms. The molecule has 1 aromatic rings. The number of halogens is 2. The van der Waals surface area contributed by atoms with E-state index in [1.54, 1.807) is 26.2 Å². The lowest BCUT2D eigenvalue weighted by atomic mass is 9.87. The summed E-state index contributed by atoms with van der Waals surface area (Å²) in [5, 5.41) is 11.0. The Morgan fingerprint density at radius 2 is 2.07 bits per heavy atom. The summed E-state index contributed by atoms with van der Waals surface area (Å²) < 4.78 is 5.47. The molecule has 1 aliphatic carbocycles. The fraction of sp³-hybridized carbons (Fsp3) is 0.333. The SMILES string of the molecule is COC1=CCCC=CC(C2=NC(C)=C(C(=O)O)C[C@@H](Cc3cc(Cl)ccc3Cl)C2)=C1. The van der Waals surface area contributed by atoms with E-state index in [0.29, 0.717) is 40.6 Å². The minimum atomic E-state index is -0.931. The van der Waals surface area contributed by atoms with E-state index in [-0.39, 0.29) is 5.92 Å². The molecule has 6 heteroatoms. The lowest BCUT2D eigenvalue weighted by molar-refractivity contribution is -0.133. The van der Waals surface area contributed by atoms with Crippen LogP contribution in [0.1, 0.15) is 38.2 Å². The third-order valence-corrected chi connectivity index (χ3v) is 5.94. The van der Waals surface area contributed by atoms with Gasteiger partial charge in [-0.15, -0.1) is 0 Å². The Bertz CT molecular complexity index is 986. The Kier molecular flexibility index (Phi) is 7.57. The van der Waals surface area contributed by atoms with Gasteiger partial charge in [0.25, 0.3) is 0 Å². The Balaban J connectivity index is 2.01. The second-order valence-corrected chi connectivity index (χ2v) is 8.38. The van der Waals surface area contributed by atoms with Crippen LogP contribution in [0.3, 0.4) is 0 Å². The molecule has 1 aliphatic heterocycles. The fourth-order valence-corrected chi connectivity index (χ4v) is 4.18. The van der Waals surface area contributed by atoms with Crippen LogP contribution >= 0.6 is 23.2 Å².